The molecular weight excluding hydrogens is 279 g/mol. The number of carbonyl (C=O) groups excluding carboxylic acids is 1. The lowest BCUT2D eigenvalue weighted by Gasteiger charge is -2.19. The monoisotopic (exact) mass is 296 g/mol. The standard InChI is InChI=1S/C14H17FN2O4/c1-3-8-16(10-13(18)21-4-2)9-11-6-5-7-12(14(11)15)17(19)20/h3,5-7H,1,4,8-10H2,2H3. The molecule has 0 saturated carbocycles. The van der Waals surface area contributed by atoms with Crippen molar-refractivity contribution in [3.05, 3.63) is 52.3 Å². The van der Waals surface area contributed by atoms with Crippen LogP contribution < -0.4 is 0 Å². The predicted octanol–water partition coefficient (Wildman–Crippen LogP) is 2.29. The number of nitro groups is 1. The van der Waals surface area contributed by atoms with Gasteiger partial charge in [0.1, 0.15) is 0 Å². The van der Waals surface area contributed by atoms with Crippen molar-refractivity contribution in [2.24, 2.45) is 0 Å². The van der Waals surface area contributed by atoms with Gasteiger partial charge in [0.2, 0.25) is 5.82 Å². The molecule has 0 aromatic heterocycles. The molecule has 1 rings (SSSR count). The van der Waals surface area contributed by atoms with E-state index < -0.39 is 22.4 Å². The molecule has 1 aromatic carbocycles. The molecule has 0 spiro atoms. The van der Waals surface area contributed by atoms with Crippen molar-refractivity contribution >= 4 is 11.7 Å². The number of halogens is 1. The number of benzene rings is 1. The van der Waals surface area contributed by atoms with E-state index in [0.29, 0.717) is 6.54 Å². The van der Waals surface area contributed by atoms with Gasteiger partial charge >= 0.3 is 11.7 Å². The minimum Gasteiger partial charge on any atom is -0.465 e. The van der Waals surface area contributed by atoms with Gasteiger partial charge in [-0.25, -0.2) is 0 Å². The summed E-state index contributed by atoms with van der Waals surface area (Å²) in [7, 11) is 0. The fraction of sp³-hybridized carbons (Fsp3) is 0.357. The minimum absolute atomic E-state index is 0.0397. The highest BCUT2D eigenvalue weighted by Crippen LogP contribution is 2.21. The van der Waals surface area contributed by atoms with Crippen LogP contribution in [0.2, 0.25) is 0 Å². The molecule has 1 aromatic rings. The summed E-state index contributed by atoms with van der Waals surface area (Å²) in [5, 5.41) is 10.7. The second kappa shape index (κ2) is 8.11. The normalized spacial score (nSPS) is 10.4. The van der Waals surface area contributed by atoms with Crippen LogP contribution in [0.5, 0.6) is 0 Å². The summed E-state index contributed by atoms with van der Waals surface area (Å²) in [6.07, 6.45) is 1.56. The number of rotatable bonds is 8. The van der Waals surface area contributed by atoms with Gasteiger partial charge in [-0.1, -0.05) is 18.2 Å². The zero-order valence-electron chi connectivity index (χ0n) is 11.8. The van der Waals surface area contributed by atoms with E-state index in [0.717, 1.165) is 6.07 Å². The first-order chi connectivity index (χ1) is 9.99. The minimum atomic E-state index is -0.888. The van der Waals surface area contributed by atoms with Crippen LogP contribution in [0.3, 0.4) is 0 Å². The van der Waals surface area contributed by atoms with Crippen molar-refractivity contribution in [1.29, 1.82) is 0 Å². The van der Waals surface area contributed by atoms with Gasteiger partial charge in [0, 0.05) is 24.7 Å². The molecule has 0 unspecified atom stereocenters. The first-order valence-electron chi connectivity index (χ1n) is 6.40. The maximum atomic E-state index is 14.0. The Labute approximate surface area is 122 Å². The van der Waals surface area contributed by atoms with Gasteiger partial charge in [-0.2, -0.15) is 4.39 Å². The topological polar surface area (TPSA) is 72.7 Å². The Morgan fingerprint density at radius 3 is 2.86 bits per heavy atom. The van der Waals surface area contributed by atoms with Crippen molar-refractivity contribution < 1.29 is 18.8 Å². The van der Waals surface area contributed by atoms with Crippen LogP contribution in [-0.2, 0) is 16.1 Å². The van der Waals surface area contributed by atoms with Gasteiger partial charge < -0.3 is 4.74 Å². The van der Waals surface area contributed by atoms with Crippen LogP contribution in [0.4, 0.5) is 10.1 Å². The van der Waals surface area contributed by atoms with E-state index in [-0.39, 0.29) is 25.3 Å². The van der Waals surface area contributed by atoms with Crippen molar-refractivity contribution in [2.75, 3.05) is 19.7 Å². The third-order valence-electron chi connectivity index (χ3n) is 2.69. The molecule has 0 atom stereocenters. The summed E-state index contributed by atoms with van der Waals surface area (Å²) in [6, 6.07) is 3.96. The van der Waals surface area contributed by atoms with Crippen LogP contribution in [0.25, 0.3) is 0 Å². The maximum Gasteiger partial charge on any atom is 0.320 e. The highest BCUT2D eigenvalue weighted by molar-refractivity contribution is 5.71. The number of nitrogens with zero attached hydrogens (tertiary/aromatic N) is 2. The molecule has 114 valence electrons. The van der Waals surface area contributed by atoms with Crippen LogP contribution in [0, 0.1) is 15.9 Å². The van der Waals surface area contributed by atoms with Crippen LogP contribution in [-0.4, -0.2) is 35.5 Å². The van der Waals surface area contributed by atoms with Crippen molar-refractivity contribution in [3.63, 3.8) is 0 Å². The second-order valence-corrected chi connectivity index (χ2v) is 4.27. The number of nitro benzene ring substituents is 1. The summed E-state index contributed by atoms with van der Waals surface area (Å²) in [6.45, 7) is 5.86. The van der Waals surface area contributed by atoms with Crippen LogP contribution in [0.1, 0.15) is 12.5 Å². The Balaban J connectivity index is 2.88. The van der Waals surface area contributed by atoms with E-state index in [9.17, 15) is 19.3 Å². The summed E-state index contributed by atoms with van der Waals surface area (Å²) in [4.78, 5) is 23.0. The van der Waals surface area contributed by atoms with E-state index >= 15 is 0 Å². The van der Waals surface area contributed by atoms with Crippen molar-refractivity contribution in [2.45, 2.75) is 13.5 Å². The quantitative estimate of drug-likeness (QED) is 0.318. The largest absolute Gasteiger partial charge is 0.465 e. The Morgan fingerprint density at radius 2 is 2.29 bits per heavy atom. The number of carbonyl (C=O) groups is 1. The van der Waals surface area contributed by atoms with Crippen LogP contribution >= 0.6 is 0 Å². The molecule has 0 fully saturated rings. The van der Waals surface area contributed by atoms with Gasteiger partial charge in [-0.15, -0.1) is 6.58 Å². The van der Waals surface area contributed by atoms with E-state index in [2.05, 4.69) is 6.58 Å². The van der Waals surface area contributed by atoms with E-state index in [4.69, 9.17) is 4.74 Å². The molecule has 0 heterocycles. The Kier molecular flexibility index (Phi) is 6.48. The third-order valence-corrected chi connectivity index (χ3v) is 2.69. The van der Waals surface area contributed by atoms with E-state index in [1.165, 1.54) is 12.1 Å². The Morgan fingerprint density at radius 1 is 1.57 bits per heavy atom. The van der Waals surface area contributed by atoms with Crippen molar-refractivity contribution in [1.82, 2.24) is 4.90 Å². The lowest BCUT2D eigenvalue weighted by Crippen LogP contribution is -2.31. The van der Waals surface area contributed by atoms with Gasteiger partial charge in [0.15, 0.2) is 0 Å². The van der Waals surface area contributed by atoms with E-state index in [1.54, 1.807) is 17.9 Å². The zero-order valence-corrected chi connectivity index (χ0v) is 11.8. The molecule has 6 nitrogen and oxygen atoms in total. The first-order valence-corrected chi connectivity index (χ1v) is 6.40. The summed E-state index contributed by atoms with van der Waals surface area (Å²) in [5.74, 6) is -1.33. The Bertz CT molecular complexity index is 534. The molecule has 21 heavy (non-hydrogen) atoms. The predicted molar refractivity (Wildman–Crippen MR) is 75.2 cm³/mol. The van der Waals surface area contributed by atoms with Gasteiger partial charge in [0.05, 0.1) is 18.1 Å². The van der Waals surface area contributed by atoms with Gasteiger partial charge in [-0.3, -0.25) is 19.8 Å². The average Bonchev–Trinajstić information content (AvgIpc) is 2.41. The smallest absolute Gasteiger partial charge is 0.320 e. The zero-order chi connectivity index (χ0) is 15.8. The van der Waals surface area contributed by atoms with Crippen molar-refractivity contribution in [3.8, 4) is 0 Å². The van der Waals surface area contributed by atoms with E-state index in [1.807, 2.05) is 0 Å². The number of esters is 1. The molecule has 0 aliphatic rings. The number of hydrogen-bond acceptors (Lipinski definition) is 5. The van der Waals surface area contributed by atoms with Gasteiger partial charge in [-0.05, 0) is 6.92 Å². The molecule has 0 amide bonds. The lowest BCUT2D eigenvalue weighted by atomic mass is 10.1. The molecule has 0 aliphatic heterocycles. The first kappa shape index (κ1) is 16.8. The molecule has 0 N–H and O–H groups in total. The average molecular weight is 296 g/mol. The summed E-state index contributed by atoms with van der Waals surface area (Å²) >= 11 is 0. The summed E-state index contributed by atoms with van der Waals surface area (Å²) in [5.41, 5.74) is -0.433. The molecule has 0 aliphatic carbocycles. The summed E-state index contributed by atoms with van der Waals surface area (Å²) < 4.78 is 18.8. The van der Waals surface area contributed by atoms with Crippen LogP contribution in [0.15, 0.2) is 30.9 Å². The highest BCUT2D eigenvalue weighted by Gasteiger charge is 2.19. The number of ether oxygens (including phenoxy) is 1. The third kappa shape index (κ3) is 4.96. The molecule has 7 heteroatoms. The maximum absolute atomic E-state index is 14.0. The lowest BCUT2D eigenvalue weighted by molar-refractivity contribution is -0.387. The SMILES string of the molecule is C=CCN(CC(=O)OCC)Cc1cccc([N+](=O)[O-])c1F. The molecule has 0 radical (unpaired) electrons. The van der Waals surface area contributed by atoms with Gasteiger partial charge in [0.25, 0.3) is 0 Å². The second-order valence-electron chi connectivity index (χ2n) is 4.27. The molecule has 0 saturated heterocycles. The highest BCUT2D eigenvalue weighted by atomic mass is 19.1. The fourth-order valence-corrected chi connectivity index (χ4v) is 1.83. The number of hydrogen-bond donors (Lipinski definition) is 0. The Hall–Kier alpha value is -2.28. The molecule has 0 bridgehead atoms. The fourth-order valence-electron chi connectivity index (χ4n) is 1.83. The molecular formula is C14H17FN2O4.